The maximum absolute atomic E-state index is 12.5. The summed E-state index contributed by atoms with van der Waals surface area (Å²) < 4.78 is 37.6. The molecule has 116 valence electrons. The Morgan fingerprint density at radius 1 is 1.25 bits per heavy atom. The number of urea groups is 1. The summed E-state index contributed by atoms with van der Waals surface area (Å²) in [6.45, 7) is 1.35. The fourth-order valence-electron chi connectivity index (χ4n) is 3.04. The number of hydrogen-bond acceptors (Lipinski definition) is 2. The molecule has 2 unspecified atom stereocenters. The number of nitrogens with zero attached hydrogens (tertiary/aromatic N) is 1. The Balaban J connectivity index is 1.87. The smallest absolute Gasteiger partial charge is 0.351 e. The van der Waals surface area contributed by atoms with E-state index in [1.54, 1.807) is 0 Å². The predicted octanol–water partition coefficient (Wildman–Crippen LogP) is 2.10. The van der Waals surface area contributed by atoms with Crippen molar-refractivity contribution in [2.75, 3.05) is 19.6 Å². The van der Waals surface area contributed by atoms with E-state index < -0.39 is 24.5 Å². The van der Waals surface area contributed by atoms with Crippen LogP contribution in [0.5, 0.6) is 0 Å². The lowest BCUT2D eigenvalue weighted by atomic mass is 9.84. The Kier molecular flexibility index (Phi) is 4.78. The first-order valence-corrected chi connectivity index (χ1v) is 7.18. The molecule has 0 aromatic heterocycles. The lowest BCUT2D eigenvalue weighted by Crippen LogP contribution is -2.54. The van der Waals surface area contributed by atoms with Crippen molar-refractivity contribution in [1.29, 1.82) is 0 Å². The molecule has 2 fully saturated rings. The number of alkyl halides is 3. The lowest BCUT2D eigenvalue weighted by molar-refractivity contribution is -0.148. The molecule has 2 amide bonds. The van der Waals surface area contributed by atoms with Crippen LogP contribution in [0.2, 0.25) is 0 Å². The summed E-state index contributed by atoms with van der Waals surface area (Å²) in [5, 5.41) is 3.31. The van der Waals surface area contributed by atoms with Crippen molar-refractivity contribution in [3.8, 4) is 0 Å². The van der Waals surface area contributed by atoms with Crippen molar-refractivity contribution in [1.82, 2.24) is 10.2 Å². The number of piperidine rings is 1. The SMILES string of the molecule is NC(=O)N1CC(CC(F)(F)F)CC(NCC2CCC2)C1. The third-order valence-corrected chi connectivity index (χ3v) is 4.29. The molecule has 2 aliphatic rings. The van der Waals surface area contributed by atoms with Gasteiger partial charge in [-0.1, -0.05) is 6.42 Å². The van der Waals surface area contributed by atoms with Crippen LogP contribution in [0.25, 0.3) is 0 Å². The van der Waals surface area contributed by atoms with Crippen LogP contribution in [0.15, 0.2) is 0 Å². The van der Waals surface area contributed by atoms with Crippen LogP contribution in [0, 0.1) is 11.8 Å². The van der Waals surface area contributed by atoms with E-state index in [0.717, 1.165) is 6.54 Å². The molecule has 0 aromatic carbocycles. The fraction of sp³-hybridized carbons (Fsp3) is 0.923. The molecule has 0 aromatic rings. The molecule has 1 aliphatic heterocycles. The monoisotopic (exact) mass is 293 g/mol. The van der Waals surface area contributed by atoms with Gasteiger partial charge in [0, 0.05) is 25.6 Å². The van der Waals surface area contributed by atoms with Crippen molar-refractivity contribution < 1.29 is 18.0 Å². The molecule has 1 aliphatic carbocycles. The molecule has 3 N–H and O–H groups in total. The van der Waals surface area contributed by atoms with Gasteiger partial charge in [0.1, 0.15) is 0 Å². The summed E-state index contributed by atoms with van der Waals surface area (Å²) in [5.74, 6) is 0.0789. The first-order valence-electron chi connectivity index (χ1n) is 7.18. The van der Waals surface area contributed by atoms with Crippen LogP contribution in [0.4, 0.5) is 18.0 Å². The minimum atomic E-state index is -4.19. The van der Waals surface area contributed by atoms with Gasteiger partial charge in [-0.25, -0.2) is 4.79 Å². The van der Waals surface area contributed by atoms with E-state index in [-0.39, 0.29) is 12.6 Å². The van der Waals surface area contributed by atoms with Crippen LogP contribution >= 0.6 is 0 Å². The molecule has 1 heterocycles. The van der Waals surface area contributed by atoms with Gasteiger partial charge >= 0.3 is 12.2 Å². The first kappa shape index (κ1) is 15.4. The number of carbonyl (C=O) groups is 1. The van der Waals surface area contributed by atoms with Crippen molar-refractivity contribution in [2.24, 2.45) is 17.6 Å². The third kappa shape index (κ3) is 4.54. The molecular weight excluding hydrogens is 271 g/mol. The minimum absolute atomic E-state index is 0.0794. The Hall–Kier alpha value is -0.980. The number of amides is 2. The Bertz CT molecular complexity index is 344. The highest BCUT2D eigenvalue weighted by Gasteiger charge is 2.37. The molecule has 0 radical (unpaired) electrons. The zero-order valence-electron chi connectivity index (χ0n) is 11.5. The van der Waals surface area contributed by atoms with E-state index in [4.69, 9.17) is 5.73 Å². The van der Waals surface area contributed by atoms with E-state index in [0.29, 0.717) is 18.9 Å². The Morgan fingerprint density at radius 3 is 2.45 bits per heavy atom. The molecular formula is C13H22F3N3O. The van der Waals surface area contributed by atoms with Crippen LogP contribution in [0.1, 0.15) is 32.1 Å². The topological polar surface area (TPSA) is 58.4 Å². The molecule has 0 spiro atoms. The van der Waals surface area contributed by atoms with E-state index in [1.807, 2.05) is 0 Å². The third-order valence-electron chi connectivity index (χ3n) is 4.29. The van der Waals surface area contributed by atoms with Gasteiger partial charge in [-0.2, -0.15) is 13.2 Å². The molecule has 2 atom stereocenters. The number of halogens is 3. The van der Waals surface area contributed by atoms with E-state index in [1.165, 1.54) is 24.2 Å². The minimum Gasteiger partial charge on any atom is -0.351 e. The highest BCUT2D eigenvalue weighted by Crippen LogP contribution is 2.31. The van der Waals surface area contributed by atoms with Gasteiger partial charge in [0.05, 0.1) is 0 Å². The predicted molar refractivity (Wildman–Crippen MR) is 69.1 cm³/mol. The van der Waals surface area contributed by atoms with Crippen molar-refractivity contribution in [3.63, 3.8) is 0 Å². The lowest BCUT2D eigenvalue weighted by Gasteiger charge is -2.38. The summed E-state index contributed by atoms with van der Waals surface area (Å²) >= 11 is 0. The molecule has 7 heteroatoms. The number of primary amides is 1. The molecule has 0 bridgehead atoms. The van der Waals surface area contributed by atoms with Crippen LogP contribution in [-0.2, 0) is 0 Å². The van der Waals surface area contributed by atoms with Gasteiger partial charge < -0.3 is 16.0 Å². The molecule has 1 saturated heterocycles. The van der Waals surface area contributed by atoms with E-state index in [2.05, 4.69) is 5.32 Å². The van der Waals surface area contributed by atoms with Gasteiger partial charge in [0.15, 0.2) is 0 Å². The number of nitrogens with one attached hydrogen (secondary N) is 1. The zero-order valence-corrected chi connectivity index (χ0v) is 11.5. The van der Waals surface area contributed by atoms with Gasteiger partial charge in [-0.15, -0.1) is 0 Å². The number of hydrogen-bond donors (Lipinski definition) is 2. The summed E-state index contributed by atoms with van der Waals surface area (Å²) in [4.78, 5) is 12.6. The standard InChI is InChI=1S/C13H22F3N3O/c14-13(15,16)5-10-4-11(8-19(7-10)12(17)20)18-6-9-2-1-3-9/h9-11,18H,1-8H2,(H2,17,20). The Labute approximate surface area is 116 Å². The molecule has 4 nitrogen and oxygen atoms in total. The van der Waals surface area contributed by atoms with E-state index in [9.17, 15) is 18.0 Å². The largest absolute Gasteiger partial charge is 0.389 e. The normalized spacial score (nSPS) is 28.2. The highest BCUT2D eigenvalue weighted by molar-refractivity contribution is 5.72. The molecule has 1 saturated carbocycles. The van der Waals surface area contributed by atoms with Crippen LogP contribution in [0.3, 0.4) is 0 Å². The summed E-state index contributed by atoms with van der Waals surface area (Å²) in [6, 6.07) is -0.712. The maximum atomic E-state index is 12.5. The second-order valence-electron chi connectivity index (χ2n) is 6.07. The Morgan fingerprint density at radius 2 is 1.95 bits per heavy atom. The highest BCUT2D eigenvalue weighted by atomic mass is 19.4. The summed E-state index contributed by atoms with van der Waals surface area (Å²) in [7, 11) is 0. The van der Waals surface area contributed by atoms with Gasteiger partial charge in [0.25, 0.3) is 0 Å². The zero-order chi connectivity index (χ0) is 14.8. The maximum Gasteiger partial charge on any atom is 0.389 e. The van der Waals surface area contributed by atoms with Crippen molar-refractivity contribution in [3.05, 3.63) is 0 Å². The second kappa shape index (κ2) is 6.20. The fourth-order valence-corrected chi connectivity index (χ4v) is 3.04. The van der Waals surface area contributed by atoms with Gasteiger partial charge in [-0.3, -0.25) is 0 Å². The molecule has 20 heavy (non-hydrogen) atoms. The average Bonchev–Trinajstić information content (AvgIpc) is 2.24. The van der Waals surface area contributed by atoms with Crippen LogP contribution in [-0.4, -0.2) is 42.8 Å². The van der Waals surface area contributed by atoms with E-state index >= 15 is 0 Å². The van der Waals surface area contributed by atoms with Crippen molar-refractivity contribution in [2.45, 2.75) is 44.3 Å². The van der Waals surface area contributed by atoms with Gasteiger partial charge in [-0.05, 0) is 37.6 Å². The van der Waals surface area contributed by atoms with Crippen LogP contribution < -0.4 is 11.1 Å². The first-order chi connectivity index (χ1) is 9.33. The number of carbonyl (C=O) groups excluding carboxylic acids is 1. The average molecular weight is 293 g/mol. The summed E-state index contributed by atoms with van der Waals surface area (Å²) in [5.41, 5.74) is 5.23. The number of rotatable bonds is 4. The second-order valence-corrected chi connectivity index (χ2v) is 6.07. The number of nitrogens with two attached hydrogens (primary N) is 1. The quantitative estimate of drug-likeness (QED) is 0.834. The van der Waals surface area contributed by atoms with Crippen molar-refractivity contribution >= 4 is 6.03 Å². The van der Waals surface area contributed by atoms with Gasteiger partial charge in [0.2, 0.25) is 0 Å². The molecule has 2 rings (SSSR count). The summed E-state index contributed by atoms with van der Waals surface area (Å²) in [6.07, 6.45) is -0.976. The number of likely N-dealkylation sites (tertiary alicyclic amines) is 1.